The number of anilines is 4. The predicted octanol–water partition coefficient (Wildman–Crippen LogP) is 1.75. The minimum Gasteiger partial charge on any atom is -0.378 e. The van der Waals surface area contributed by atoms with Gasteiger partial charge in [0.2, 0.25) is 11.9 Å². The summed E-state index contributed by atoms with van der Waals surface area (Å²) in [5.41, 5.74) is 10.5. The van der Waals surface area contributed by atoms with Crippen LogP contribution in [0.4, 0.5) is 23.4 Å². The molecule has 5 heterocycles. The van der Waals surface area contributed by atoms with Gasteiger partial charge in [-0.2, -0.15) is 4.98 Å². The van der Waals surface area contributed by atoms with Gasteiger partial charge >= 0.3 is 0 Å². The largest absolute Gasteiger partial charge is 0.378 e. The molecule has 0 spiro atoms. The molecule has 1 fully saturated rings. The van der Waals surface area contributed by atoms with Gasteiger partial charge in [0.25, 0.3) is 0 Å². The molecule has 0 amide bonds. The van der Waals surface area contributed by atoms with Gasteiger partial charge in [0.1, 0.15) is 5.82 Å². The van der Waals surface area contributed by atoms with Crippen molar-refractivity contribution in [3.05, 3.63) is 42.0 Å². The van der Waals surface area contributed by atoms with Crippen LogP contribution in [-0.2, 0) is 11.2 Å². The highest BCUT2D eigenvalue weighted by Gasteiger charge is 2.29. The van der Waals surface area contributed by atoms with Crippen molar-refractivity contribution in [1.29, 1.82) is 0 Å². The van der Waals surface area contributed by atoms with Crippen LogP contribution in [0.3, 0.4) is 0 Å². The van der Waals surface area contributed by atoms with E-state index in [9.17, 15) is 0 Å². The Hall–Kier alpha value is -3.33. The normalized spacial score (nSPS) is 16.2. The van der Waals surface area contributed by atoms with E-state index < -0.39 is 0 Å². The van der Waals surface area contributed by atoms with E-state index >= 15 is 0 Å². The van der Waals surface area contributed by atoms with Gasteiger partial charge in [0.05, 0.1) is 24.6 Å². The molecule has 0 aromatic carbocycles. The van der Waals surface area contributed by atoms with Crippen molar-refractivity contribution in [2.75, 3.05) is 48.4 Å². The van der Waals surface area contributed by atoms with Crippen molar-refractivity contribution < 1.29 is 4.74 Å². The Labute approximate surface area is 168 Å². The Morgan fingerprint density at radius 3 is 2.59 bits per heavy atom. The molecular weight excluding hydrogens is 368 g/mol. The zero-order valence-electron chi connectivity index (χ0n) is 16.2. The molecule has 0 bridgehead atoms. The van der Waals surface area contributed by atoms with Crippen molar-refractivity contribution in [2.24, 2.45) is 0 Å². The Bertz CT molecular complexity index is 1040. The van der Waals surface area contributed by atoms with E-state index in [1.165, 1.54) is 0 Å². The van der Waals surface area contributed by atoms with E-state index in [2.05, 4.69) is 24.8 Å². The fourth-order valence-corrected chi connectivity index (χ4v) is 3.86. The third-order valence-corrected chi connectivity index (χ3v) is 5.34. The number of nitrogens with two attached hydrogens (primary N) is 1. The summed E-state index contributed by atoms with van der Waals surface area (Å²) in [4.78, 5) is 27.0. The van der Waals surface area contributed by atoms with Crippen molar-refractivity contribution >= 4 is 23.4 Å². The lowest BCUT2D eigenvalue weighted by molar-refractivity contribution is 0.122. The van der Waals surface area contributed by atoms with Crippen LogP contribution in [0.2, 0.25) is 0 Å². The van der Waals surface area contributed by atoms with Gasteiger partial charge in [0, 0.05) is 55.0 Å². The van der Waals surface area contributed by atoms with Gasteiger partial charge in [-0.1, -0.05) is 0 Å². The fourth-order valence-electron chi connectivity index (χ4n) is 3.86. The molecule has 0 unspecified atom stereocenters. The molecule has 5 rings (SSSR count). The summed E-state index contributed by atoms with van der Waals surface area (Å²) < 4.78 is 5.50. The zero-order chi connectivity index (χ0) is 19.8. The van der Waals surface area contributed by atoms with Gasteiger partial charge in [-0.25, -0.2) is 15.0 Å². The molecule has 1 saturated heterocycles. The second kappa shape index (κ2) is 7.25. The van der Waals surface area contributed by atoms with Crippen LogP contribution in [0.25, 0.3) is 11.3 Å². The molecule has 148 valence electrons. The second-order valence-corrected chi connectivity index (χ2v) is 7.11. The highest BCUT2D eigenvalue weighted by molar-refractivity contribution is 5.77. The Kier molecular flexibility index (Phi) is 4.44. The quantitative estimate of drug-likeness (QED) is 0.716. The maximum absolute atomic E-state index is 5.77. The number of nitrogen functional groups attached to an aromatic ring is 1. The molecule has 2 aliphatic heterocycles. The molecule has 2 N–H and O–H groups in total. The van der Waals surface area contributed by atoms with Gasteiger partial charge in [0.15, 0.2) is 0 Å². The number of aryl methyl sites for hydroxylation is 1. The number of ether oxygens (including phenoxy) is 1. The summed E-state index contributed by atoms with van der Waals surface area (Å²) >= 11 is 0. The average Bonchev–Trinajstić information content (AvgIpc) is 3.19. The number of hydrogen-bond donors (Lipinski definition) is 1. The topological polar surface area (TPSA) is 106 Å². The van der Waals surface area contributed by atoms with Crippen molar-refractivity contribution in [1.82, 2.24) is 24.9 Å². The van der Waals surface area contributed by atoms with Crippen molar-refractivity contribution in [2.45, 2.75) is 13.3 Å². The Morgan fingerprint density at radius 2 is 1.83 bits per heavy atom. The van der Waals surface area contributed by atoms with Crippen LogP contribution >= 0.6 is 0 Å². The monoisotopic (exact) mass is 390 g/mol. The van der Waals surface area contributed by atoms with E-state index in [-0.39, 0.29) is 5.95 Å². The van der Waals surface area contributed by atoms with Gasteiger partial charge in [-0.3, -0.25) is 4.98 Å². The summed E-state index contributed by atoms with van der Waals surface area (Å²) in [7, 11) is 0. The maximum atomic E-state index is 5.77. The lowest BCUT2D eigenvalue weighted by Crippen LogP contribution is -2.37. The minimum absolute atomic E-state index is 0.267. The van der Waals surface area contributed by atoms with E-state index in [4.69, 9.17) is 20.4 Å². The van der Waals surface area contributed by atoms with Crippen LogP contribution in [0.15, 0.2) is 30.7 Å². The summed E-state index contributed by atoms with van der Waals surface area (Å²) in [5.74, 6) is 1.90. The molecule has 9 nitrogen and oxygen atoms in total. The van der Waals surface area contributed by atoms with E-state index in [0.29, 0.717) is 19.2 Å². The van der Waals surface area contributed by atoms with Gasteiger partial charge in [-0.15, -0.1) is 0 Å². The molecule has 0 aliphatic carbocycles. The maximum Gasteiger partial charge on any atom is 0.228 e. The Balaban J connectivity index is 1.67. The molecule has 0 atom stereocenters. The lowest BCUT2D eigenvalue weighted by atomic mass is 10.1. The number of rotatable bonds is 3. The second-order valence-electron chi connectivity index (χ2n) is 7.11. The summed E-state index contributed by atoms with van der Waals surface area (Å²) in [6, 6.07) is 4.01. The third-order valence-electron chi connectivity index (χ3n) is 5.34. The van der Waals surface area contributed by atoms with Crippen LogP contribution in [-0.4, -0.2) is 57.8 Å². The molecule has 29 heavy (non-hydrogen) atoms. The van der Waals surface area contributed by atoms with Crippen molar-refractivity contribution in [3.8, 4) is 11.3 Å². The summed E-state index contributed by atoms with van der Waals surface area (Å²) in [5, 5.41) is 0. The lowest BCUT2D eigenvalue weighted by Gasteiger charge is -2.28. The third kappa shape index (κ3) is 3.23. The molecule has 0 saturated carbocycles. The van der Waals surface area contributed by atoms with Crippen LogP contribution in [0, 0.1) is 6.92 Å². The first-order valence-corrected chi connectivity index (χ1v) is 9.71. The summed E-state index contributed by atoms with van der Waals surface area (Å²) in [6.07, 6.45) is 6.21. The number of fused-ring (bicyclic) bond motifs is 1. The zero-order valence-corrected chi connectivity index (χ0v) is 16.2. The average molecular weight is 390 g/mol. The first-order valence-electron chi connectivity index (χ1n) is 9.71. The SMILES string of the molecule is Cc1nc(N)ncc1-c1nc(N2CCOCC2)nc2c1CCN2c1ccncc1. The number of pyridine rings is 1. The predicted molar refractivity (Wildman–Crippen MR) is 110 cm³/mol. The first kappa shape index (κ1) is 17.7. The number of morpholine rings is 1. The minimum atomic E-state index is 0.267. The fraction of sp³-hybridized carbons (Fsp3) is 0.350. The molecule has 3 aromatic heterocycles. The van der Waals surface area contributed by atoms with Crippen LogP contribution < -0.4 is 15.5 Å². The van der Waals surface area contributed by atoms with Crippen molar-refractivity contribution in [3.63, 3.8) is 0 Å². The highest BCUT2D eigenvalue weighted by atomic mass is 16.5. The van der Waals surface area contributed by atoms with Crippen LogP contribution in [0.1, 0.15) is 11.3 Å². The molecule has 0 radical (unpaired) electrons. The molecule has 9 heteroatoms. The number of aromatic nitrogens is 5. The standard InChI is InChI=1S/C20H22N8O/c1-13-16(12-23-19(21)24-13)17-15-4-7-28(14-2-5-22-6-3-14)18(15)26-20(25-17)27-8-10-29-11-9-27/h2-3,5-6,12H,4,7-11H2,1H3,(H2,21,23,24). The van der Waals surface area contributed by atoms with Gasteiger partial charge < -0.3 is 20.3 Å². The van der Waals surface area contributed by atoms with Gasteiger partial charge in [-0.05, 0) is 25.5 Å². The van der Waals surface area contributed by atoms with Crippen LogP contribution in [0.5, 0.6) is 0 Å². The molecular formula is C20H22N8O. The Morgan fingerprint density at radius 1 is 1.03 bits per heavy atom. The van der Waals surface area contributed by atoms with E-state index in [0.717, 1.165) is 60.1 Å². The smallest absolute Gasteiger partial charge is 0.228 e. The highest BCUT2D eigenvalue weighted by Crippen LogP contribution is 2.39. The number of hydrogen-bond acceptors (Lipinski definition) is 9. The molecule has 3 aromatic rings. The summed E-state index contributed by atoms with van der Waals surface area (Å²) in [6.45, 7) is 5.66. The molecule has 2 aliphatic rings. The first-order chi connectivity index (χ1) is 14.2. The van der Waals surface area contributed by atoms with E-state index in [1.54, 1.807) is 18.6 Å². The van der Waals surface area contributed by atoms with E-state index in [1.807, 2.05) is 19.1 Å². The number of nitrogens with zero attached hydrogens (tertiary/aromatic N) is 7.